The van der Waals surface area contributed by atoms with E-state index in [1.807, 2.05) is 38.1 Å². The Hall–Kier alpha value is -0.870. The number of fused-ring (bicyclic) bond motifs is 2. The molecule has 4 heteroatoms. The highest BCUT2D eigenvalue weighted by molar-refractivity contribution is 7.86. The number of ether oxygens (including phenoxy) is 1. The normalized spacial score (nSPS) is 36.3. The zero-order valence-electron chi connectivity index (χ0n) is 12.0. The molecule has 0 aliphatic carbocycles. The van der Waals surface area contributed by atoms with Gasteiger partial charge in [0.2, 0.25) is 0 Å². The summed E-state index contributed by atoms with van der Waals surface area (Å²) in [7, 11) is -0.757. The van der Waals surface area contributed by atoms with Crippen molar-refractivity contribution in [1.29, 1.82) is 0 Å². The van der Waals surface area contributed by atoms with E-state index in [0.717, 1.165) is 24.2 Å². The molecule has 2 heterocycles. The second-order valence-electron chi connectivity index (χ2n) is 6.25. The quantitative estimate of drug-likeness (QED) is 0.932. The molecular formula is C16H22O3S. The Morgan fingerprint density at radius 3 is 2.45 bits per heavy atom. The van der Waals surface area contributed by atoms with Gasteiger partial charge in [-0.3, -0.25) is 4.21 Å². The average molecular weight is 294 g/mol. The molecule has 0 spiro atoms. The molecule has 2 fully saturated rings. The summed E-state index contributed by atoms with van der Waals surface area (Å²) in [5, 5.41) is 11.4. The van der Waals surface area contributed by atoms with Crippen molar-refractivity contribution in [1.82, 2.24) is 0 Å². The van der Waals surface area contributed by atoms with Gasteiger partial charge in [0.05, 0.1) is 11.7 Å². The third-order valence-electron chi connectivity index (χ3n) is 4.35. The maximum Gasteiger partial charge on any atom is 0.125 e. The van der Waals surface area contributed by atoms with Crippen molar-refractivity contribution in [3.63, 3.8) is 0 Å². The second kappa shape index (κ2) is 5.15. The maximum atomic E-state index is 12.1. The van der Waals surface area contributed by atoms with Crippen LogP contribution < -0.4 is 4.74 Å². The molecule has 3 rings (SSSR count). The van der Waals surface area contributed by atoms with Crippen LogP contribution in [0.2, 0.25) is 0 Å². The lowest BCUT2D eigenvalue weighted by atomic mass is 9.85. The highest BCUT2D eigenvalue weighted by atomic mass is 32.2. The Morgan fingerprint density at radius 2 is 1.85 bits per heavy atom. The smallest absolute Gasteiger partial charge is 0.125 e. The first kappa shape index (κ1) is 14.1. The van der Waals surface area contributed by atoms with Crippen molar-refractivity contribution in [2.24, 2.45) is 0 Å². The van der Waals surface area contributed by atoms with Crippen LogP contribution in [-0.4, -0.2) is 25.9 Å². The zero-order chi connectivity index (χ0) is 14.3. The summed E-state index contributed by atoms with van der Waals surface area (Å²) < 4.78 is 18.0. The second-order valence-corrected chi connectivity index (χ2v) is 8.24. The van der Waals surface area contributed by atoms with Gasteiger partial charge in [-0.25, -0.2) is 0 Å². The zero-order valence-corrected chi connectivity index (χ0v) is 12.9. The Balaban J connectivity index is 1.94. The van der Waals surface area contributed by atoms with Crippen LogP contribution in [0, 0.1) is 0 Å². The number of hydrogen-bond donors (Lipinski definition) is 1. The first-order valence-electron chi connectivity index (χ1n) is 7.37. The number of aliphatic hydroxyl groups is 1. The summed E-state index contributed by atoms with van der Waals surface area (Å²) in [4.78, 5) is 0. The fraction of sp³-hybridized carbons (Fsp3) is 0.625. The summed E-state index contributed by atoms with van der Waals surface area (Å²) in [6.45, 7) is 3.97. The van der Waals surface area contributed by atoms with Crippen LogP contribution in [0.4, 0.5) is 0 Å². The highest BCUT2D eigenvalue weighted by Gasteiger charge is 2.49. The Bertz CT molecular complexity index is 510. The first-order valence-corrected chi connectivity index (χ1v) is 8.65. The van der Waals surface area contributed by atoms with Crippen LogP contribution in [0.15, 0.2) is 24.3 Å². The summed E-state index contributed by atoms with van der Waals surface area (Å²) in [6, 6.07) is 7.74. The Labute approximate surface area is 122 Å². The van der Waals surface area contributed by atoms with Crippen molar-refractivity contribution in [2.75, 3.05) is 0 Å². The molecule has 1 N–H and O–H groups in total. The molecule has 3 nitrogen and oxygen atoms in total. The molecule has 0 aromatic heterocycles. The summed E-state index contributed by atoms with van der Waals surface area (Å²) >= 11 is 0. The molecule has 2 saturated heterocycles. The van der Waals surface area contributed by atoms with Gasteiger partial charge in [0, 0.05) is 26.9 Å². The van der Waals surface area contributed by atoms with E-state index >= 15 is 0 Å². The van der Waals surface area contributed by atoms with Crippen molar-refractivity contribution in [2.45, 2.75) is 61.7 Å². The van der Waals surface area contributed by atoms with Crippen molar-refractivity contribution < 1.29 is 14.1 Å². The third kappa shape index (κ3) is 2.40. The van der Waals surface area contributed by atoms with E-state index in [4.69, 9.17) is 4.74 Å². The number of para-hydroxylation sites is 1. The van der Waals surface area contributed by atoms with Gasteiger partial charge in [-0.05, 0) is 45.6 Å². The Kier molecular flexibility index (Phi) is 3.63. The summed E-state index contributed by atoms with van der Waals surface area (Å²) in [6.07, 6.45) is 3.22. The van der Waals surface area contributed by atoms with Gasteiger partial charge < -0.3 is 9.84 Å². The van der Waals surface area contributed by atoms with Crippen LogP contribution >= 0.6 is 0 Å². The molecule has 1 aromatic carbocycles. The predicted molar refractivity (Wildman–Crippen MR) is 80.3 cm³/mol. The van der Waals surface area contributed by atoms with Crippen LogP contribution in [0.5, 0.6) is 5.75 Å². The predicted octanol–water partition coefficient (Wildman–Crippen LogP) is 2.73. The molecule has 2 unspecified atom stereocenters. The minimum Gasteiger partial charge on any atom is -0.491 e. The SMILES string of the molecule is CC(C)Oc1ccccc1C1(O)CC2CCC(C1)S2=O. The van der Waals surface area contributed by atoms with Gasteiger partial charge in [0.1, 0.15) is 5.75 Å². The standard InChI is InChI=1S/C16H22O3S/c1-11(2)19-15-6-4-3-5-14(15)16(17)9-12-7-8-13(10-16)20(12)18/h3-6,11-13,17H,7-10H2,1-2H3. The van der Waals surface area contributed by atoms with Crippen LogP contribution in [0.3, 0.4) is 0 Å². The molecule has 2 aliphatic heterocycles. The lowest BCUT2D eigenvalue weighted by Crippen LogP contribution is -2.40. The van der Waals surface area contributed by atoms with E-state index in [1.165, 1.54) is 0 Å². The first-order chi connectivity index (χ1) is 9.49. The van der Waals surface area contributed by atoms with Crippen molar-refractivity contribution >= 4 is 10.8 Å². The largest absolute Gasteiger partial charge is 0.491 e. The molecular weight excluding hydrogens is 272 g/mol. The minimum atomic E-state index is -0.884. The lowest BCUT2D eigenvalue weighted by Gasteiger charge is -2.37. The highest BCUT2D eigenvalue weighted by Crippen LogP contribution is 2.48. The topological polar surface area (TPSA) is 46.5 Å². The molecule has 0 radical (unpaired) electrons. The maximum absolute atomic E-state index is 12.1. The molecule has 2 atom stereocenters. The van der Waals surface area contributed by atoms with E-state index in [1.54, 1.807) is 0 Å². The number of benzene rings is 1. The van der Waals surface area contributed by atoms with Gasteiger partial charge in [0.25, 0.3) is 0 Å². The molecule has 1 aromatic rings. The number of hydrogen-bond acceptors (Lipinski definition) is 3. The lowest BCUT2D eigenvalue weighted by molar-refractivity contribution is 0.0149. The third-order valence-corrected chi connectivity index (χ3v) is 6.47. The number of rotatable bonds is 3. The van der Waals surface area contributed by atoms with Gasteiger partial charge >= 0.3 is 0 Å². The van der Waals surface area contributed by atoms with Crippen LogP contribution in [0.25, 0.3) is 0 Å². The van der Waals surface area contributed by atoms with Gasteiger partial charge in [-0.15, -0.1) is 0 Å². The monoisotopic (exact) mass is 294 g/mol. The fourth-order valence-corrected chi connectivity index (χ4v) is 5.67. The van der Waals surface area contributed by atoms with Gasteiger partial charge in [-0.1, -0.05) is 18.2 Å². The van der Waals surface area contributed by atoms with Crippen LogP contribution in [0.1, 0.15) is 45.1 Å². The average Bonchev–Trinajstić information content (AvgIpc) is 2.62. The van der Waals surface area contributed by atoms with Gasteiger partial charge in [0.15, 0.2) is 0 Å². The van der Waals surface area contributed by atoms with E-state index in [-0.39, 0.29) is 16.6 Å². The molecule has 2 bridgehead atoms. The van der Waals surface area contributed by atoms with Crippen molar-refractivity contribution in [3.8, 4) is 5.75 Å². The molecule has 110 valence electrons. The fourth-order valence-electron chi connectivity index (χ4n) is 3.51. The summed E-state index contributed by atoms with van der Waals surface area (Å²) in [5.41, 5.74) is -0.0205. The molecule has 0 saturated carbocycles. The molecule has 2 aliphatic rings. The minimum absolute atomic E-state index is 0.0780. The van der Waals surface area contributed by atoms with Crippen molar-refractivity contribution in [3.05, 3.63) is 29.8 Å². The van der Waals surface area contributed by atoms with E-state index in [0.29, 0.717) is 12.8 Å². The molecule has 0 amide bonds. The molecule has 20 heavy (non-hydrogen) atoms. The van der Waals surface area contributed by atoms with Crippen LogP contribution in [-0.2, 0) is 16.4 Å². The summed E-state index contributed by atoms with van der Waals surface area (Å²) in [5.74, 6) is 0.761. The van der Waals surface area contributed by atoms with E-state index in [2.05, 4.69) is 0 Å². The van der Waals surface area contributed by atoms with E-state index in [9.17, 15) is 9.32 Å². The Morgan fingerprint density at radius 1 is 1.25 bits per heavy atom. The van der Waals surface area contributed by atoms with Gasteiger partial charge in [-0.2, -0.15) is 0 Å². The van der Waals surface area contributed by atoms with E-state index < -0.39 is 16.4 Å².